The number of likely N-dealkylation sites (N-methyl/N-ethyl adjacent to an activating group) is 1. The summed E-state index contributed by atoms with van der Waals surface area (Å²) < 4.78 is 5.32. The number of pyridine rings is 4. The van der Waals surface area contributed by atoms with Crippen molar-refractivity contribution >= 4 is 39.7 Å². The zero-order chi connectivity index (χ0) is 23.8. The van der Waals surface area contributed by atoms with Gasteiger partial charge >= 0.3 is 0 Å². The van der Waals surface area contributed by atoms with Crippen LogP contribution in [0, 0.1) is 0 Å². The highest BCUT2D eigenvalue weighted by atomic mass is 16.3. The number of amides is 1. The van der Waals surface area contributed by atoms with Gasteiger partial charge in [0.15, 0.2) is 6.39 Å². The van der Waals surface area contributed by atoms with Crippen LogP contribution in [-0.2, 0) is 0 Å². The summed E-state index contributed by atoms with van der Waals surface area (Å²) in [7, 11) is 2.13. The van der Waals surface area contributed by atoms with Gasteiger partial charge in [0.05, 0.1) is 11.7 Å². The normalized spacial score (nSPS) is 14.5. The fourth-order valence-corrected chi connectivity index (χ4v) is 4.20. The highest BCUT2D eigenvalue weighted by Gasteiger charge is 2.21. The molecule has 5 aromatic rings. The highest BCUT2D eigenvalue weighted by molar-refractivity contribution is 6.04. The van der Waals surface area contributed by atoms with Crippen molar-refractivity contribution < 1.29 is 9.21 Å². The molecule has 1 N–H and O–H groups in total. The molecule has 0 aromatic carbocycles. The second-order valence-electron chi connectivity index (χ2n) is 8.50. The SMILES string of the molecule is CN1CCN(c2nc3cnc(NC(=O)c4ccncc4)cc3cc2-c2cnc3ocnc3c2)CC1. The van der Waals surface area contributed by atoms with Gasteiger partial charge in [-0.2, -0.15) is 0 Å². The lowest BCUT2D eigenvalue weighted by Crippen LogP contribution is -2.45. The first-order chi connectivity index (χ1) is 17.1. The topological polar surface area (TPSA) is 113 Å². The van der Waals surface area contributed by atoms with Crippen LogP contribution >= 0.6 is 0 Å². The lowest BCUT2D eigenvalue weighted by Gasteiger charge is -2.34. The molecule has 0 unspecified atom stereocenters. The molecular formula is C25H22N8O2. The first-order valence-electron chi connectivity index (χ1n) is 11.3. The summed E-state index contributed by atoms with van der Waals surface area (Å²) in [5.74, 6) is 1.08. The fraction of sp³-hybridized carbons (Fsp3) is 0.200. The van der Waals surface area contributed by atoms with Crippen LogP contribution in [0.2, 0.25) is 0 Å². The molecule has 6 rings (SSSR count). The molecule has 0 spiro atoms. The summed E-state index contributed by atoms with van der Waals surface area (Å²) in [6.45, 7) is 3.65. The van der Waals surface area contributed by atoms with E-state index >= 15 is 0 Å². The monoisotopic (exact) mass is 466 g/mol. The lowest BCUT2D eigenvalue weighted by molar-refractivity contribution is 0.102. The summed E-state index contributed by atoms with van der Waals surface area (Å²) in [5, 5.41) is 3.72. The zero-order valence-corrected chi connectivity index (χ0v) is 19.0. The molecular weight excluding hydrogens is 444 g/mol. The van der Waals surface area contributed by atoms with Gasteiger partial charge in [0.2, 0.25) is 5.71 Å². The van der Waals surface area contributed by atoms with Gasteiger partial charge in [0, 0.05) is 66.8 Å². The van der Waals surface area contributed by atoms with Crippen molar-refractivity contribution in [3.05, 3.63) is 67.1 Å². The van der Waals surface area contributed by atoms with Gasteiger partial charge in [-0.15, -0.1) is 0 Å². The highest BCUT2D eigenvalue weighted by Crippen LogP contribution is 2.34. The minimum absolute atomic E-state index is 0.248. The summed E-state index contributed by atoms with van der Waals surface area (Å²) in [4.78, 5) is 39.3. The maximum absolute atomic E-state index is 12.6. The number of oxazole rings is 1. The molecule has 1 aliphatic heterocycles. The minimum Gasteiger partial charge on any atom is -0.425 e. The van der Waals surface area contributed by atoms with Crippen LogP contribution in [0.1, 0.15) is 10.4 Å². The number of fused-ring (bicyclic) bond motifs is 2. The van der Waals surface area contributed by atoms with Gasteiger partial charge < -0.3 is 19.5 Å². The van der Waals surface area contributed by atoms with Crippen molar-refractivity contribution in [1.82, 2.24) is 29.8 Å². The number of anilines is 2. The third-order valence-corrected chi connectivity index (χ3v) is 6.17. The number of carbonyl (C=O) groups is 1. The Morgan fingerprint density at radius 2 is 1.80 bits per heavy atom. The Kier molecular flexibility index (Phi) is 5.27. The van der Waals surface area contributed by atoms with Gasteiger partial charge in [0.25, 0.3) is 5.91 Å². The summed E-state index contributed by atoms with van der Waals surface area (Å²) in [6, 6.07) is 9.18. The largest absolute Gasteiger partial charge is 0.425 e. The standard InChI is InChI=1S/C25H22N8O2/c1-32-6-8-33(9-7-32)23-19(18-11-20-25(28-13-18)35-15-29-20)10-17-12-22(27-14-21(17)30-23)31-24(34)16-2-4-26-5-3-16/h2-5,10-15H,6-9H2,1H3,(H,27,31,34). The Bertz CT molecular complexity index is 1530. The zero-order valence-electron chi connectivity index (χ0n) is 19.0. The van der Waals surface area contributed by atoms with Crippen molar-refractivity contribution in [2.75, 3.05) is 43.4 Å². The number of piperazine rings is 1. The van der Waals surface area contributed by atoms with E-state index in [9.17, 15) is 4.79 Å². The van der Waals surface area contributed by atoms with E-state index < -0.39 is 0 Å². The van der Waals surface area contributed by atoms with Crippen LogP contribution in [-0.4, -0.2) is 69.0 Å². The van der Waals surface area contributed by atoms with Gasteiger partial charge in [-0.1, -0.05) is 0 Å². The molecule has 0 bridgehead atoms. The molecule has 1 amide bonds. The van der Waals surface area contributed by atoms with E-state index in [2.05, 4.69) is 48.2 Å². The first kappa shape index (κ1) is 21.1. The van der Waals surface area contributed by atoms with E-state index in [1.807, 2.05) is 12.1 Å². The van der Waals surface area contributed by atoms with Gasteiger partial charge in [0.1, 0.15) is 17.2 Å². The maximum Gasteiger partial charge on any atom is 0.256 e. The number of carbonyl (C=O) groups excluding carboxylic acids is 1. The third kappa shape index (κ3) is 4.15. The number of aromatic nitrogens is 5. The first-order valence-corrected chi connectivity index (χ1v) is 11.3. The van der Waals surface area contributed by atoms with Crippen molar-refractivity contribution in [2.45, 2.75) is 0 Å². The summed E-state index contributed by atoms with van der Waals surface area (Å²) >= 11 is 0. The quantitative estimate of drug-likeness (QED) is 0.426. The van der Waals surface area contributed by atoms with Crippen LogP contribution < -0.4 is 10.2 Å². The van der Waals surface area contributed by atoms with Crippen molar-refractivity contribution in [2.24, 2.45) is 0 Å². The van der Waals surface area contributed by atoms with E-state index in [1.165, 1.54) is 6.39 Å². The predicted molar refractivity (Wildman–Crippen MR) is 132 cm³/mol. The molecule has 35 heavy (non-hydrogen) atoms. The Balaban J connectivity index is 1.42. The number of rotatable bonds is 4. The molecule has 5 aromatic heterocycles. The summed E-state index contributed by atoms with van der Waals surface area (Å²) in [6.07, 6.45) is 8.03. The number of hydrogen-bond acceptors (Lipinski definition) is 9. The molecule has 0 radical (unpaired) electrons. The molecule has 174 valence electrons. The molecule has 0 atom stereocenters. The van der Waals surface area contributed by atoms with E-state index in [1.54, 1.807) is 36.9 Å². The van der Waals surface area contributed by atoms with Gasteiger partial charge in [-0.05, 0) is 37.4 Å². The van der Waals surface area contributed by atoms with Gasteiger partial charge in [-0.3, -0.25) is 9.78 Å². The molecule has 1 fully saturated rings. The van der Waals surface area contributed by atoms with E-state index in [-0.39, 0.29) is 5.91 Å². The average Bonchev–Trinajstić information content (AvgIpc) is 3.37. The number of nitrogens with zero attached hydrogens (tertiary/aromatic N) is 7. The molecule has 0 aliphatic carbocycles. The lowest BCUT2D eigenvalue weighted by atomic mass is 10.0. The Morgan fingerprint density at radius 3 is 2.63 bits per heavy atom. The van der Waals surface area contributed by atoms with Crippen LogP contribution in [0.25, 0.3) is 33.3 Å². The Morgan fingerprint density at radius 1 is 0.971 bits per heavy atom. The minimum atomic E-state index is -0.248. The van der Waals surface area contributed by atoms with Crippen molar-refractivity contribution in [3.8, 4) is 11.1 Å². The Hall–Kier alpha value is -4.44. The average molecular weight is 467 g/mol. The fourth-order valence-electron chi connectivity index (χ4n) is 4.20. The molecule has 10 heteroatoms. The summed E-state index contributed by atoms with van der Waals surface area (Å²) in [5.41, 5.74) is 4.28. The number of nitrogens with one attached hydrogen (secondary N) is 1. The third-order valence-electron chi connectivity index (χ3n) is 6.17. The Labute approximate surface area is 200 Å². The van der Waals surface area contributed by atoms with Crippen LogP contribution in [0.15, 0.2) is 65.9 Å². The second-order valence-corrected chi connectivity index (χ2v) is 8.50. The molecule has 1 aliphatic rings. The smallest absolute Gasteiger partial charge is 0.256 e. The second kappa shape index (κ2) is 8.73. The predicted octanol–water partition coefficient (Wildman–Crippen LogP) is 3.23. The molecule has 0 saturated carbocycles. The number of hydrogen-bond donors (Lipinski definition) is 1. The maximum atomic E-state index is 12.6. The molecule has 1 saturated heterocycles. The van der Waals surface area contributed by atoms with Crippen molar-refractivity contribution in [3.63, 3.8) is 0 Å². The molecule has 6 heterocycles. The van der Waals surface area contributed by atoms with Crippen LogP contribution in [0.3, 0.4) is 0 Å². The van der Waals surface area contributed by atoms with E-state index in [0.29, 0.717) is 22.6 Å². The van der Waals surface area contributed by atoms with Crippen LogP contribution in [0.4, 0.5) is 11.6 Å². The van der Waals surface area contributed by atoms with Crippen LogP contribution in [0.5, 0.6) is 0 Å². The van der Waals surface area contributed by atoms with E-state index in [0.717, 1.165) is 54.0 Å². The van der Waals surface area contributed by atoms with Crippen molar-refractivity contribution in [1.29, 1.82) is 0 Å². The van der Waals surface area contributed by atoms with E-state index in [4.69, 9.17) is 9.40 Å². The van der Waals surface area contributed by atoms with Gasteiger partial charge in [-0.25, -0.2) is 19.9 Å². The molecule has 10 nitrogen and oxygen atoms in total.